The van der Waals surface area contributed by atoms with E-state index in [2.05, 4.69) is 0 Å². The molecular weight excluding hydrogens is 296 g/mol. The Labute approximate surface area is 127 Å². The van der Waals surface area contributed by atoms with Gasteiger partial charge < -0.3 is 39.4 Å². The first-order valence-electron chi connectivity index (χ1n) is 6.71. The van der Waals surface area contributed by atoms with Crippen LogP contribution in [0.25, 0.3) is 0 Å². The normalized spacial score (nSPS) is 31.6. The Bertz CT molecular complexity index is 492. The molecule has 0 spiro atoms. The Morgan fingerprint density at radius 3 is 2.32 bits per heavy atom. The fourth-order valence-electron chi connectivity index (χ4n) is 2.16. The molecule has 1 aliphatic rings. The third-order valence-electron chi connectivity index (χ3n) is 3.46. The lowest BCUT2D eigenvalue weighted by atomic mass is 9.99. The van der Waals surface area contributed by atoms with Crippen molar-refractivity contribution in [3.8, 4) is 17.2 Å². The molecule has 8 nitrogen and oxygen atoms in total. The molecule has 4 N–H and O–H groups in total. The highest BCUT2D eigenvalue weighted by molar-refractivity contribution is 5.45. The fourth-order valence-corrected chi connectivity index (χ4v) is 2.16. The zero-order valence-corrected chi connectivity index (χ0v) is 12.2. The van der Waals surface area contributed by atoms with Gasteiger partial charge in [0.2, 0.25) is 6.29 Å². The lowest BCUT2D eigenvalue weighted by Crippen LogP contribution is -2.60. The highest BCUT2D eigenvalue weighted by Crippen LogP contribution is 2.33. The van der Waals surface area contributed by atoms with Crippen LogP contribution in [0.2, 0.25) is 0 Å². The number of hydrogen-bond donors (Lipinski definition) is 4. The second-order valence-electron chi connectivity index (χ2n) is 4.83. The van der Waals surface area contributed by atoms with Gasteiger partial charge in [0.15, 0.2) is 11.5 Å². The molecule has 0 aliphatic carbocycles. The molecule has 0 aromatic heterocycles. The first-order valence-corrected chi connectivity index (χ1v) is 6.71. The van der Waals surface area contributed by atoms with E-state index in [0.717, 1.165) is 0 Å². The summed E-state index contributed by atoms with van der Waals surface area (Å²) in [4.78, 5) is 0. The minimum absolute atomic E-state index is 0.257. The number of methoxy groups -OCH3 is 2. The van der Waals surface area contributed by atoms with Crippen molar-refractivity contribution < 1.29 is 39.4 Å². The number of rotatable bonds is 5. The third-order valence-corrected chi connectivity index (χ3v) is 3.46. The van der Waals surface area contributed by atoms with Gasteiger partial charge in [0, 0.05) is 6.07 Å². The summed E-state index contributed by atoms with van der Waals surface area (Å²) in [6.07, 6.45) is -6.71. The molecular formula is C14H20O8. The van der Waals surface area contributed by atoms with Crippen molar-refractivity contribution in [2.24, 2.45) is 0 Å². The van der Waals surface area contributed by atoms with Crippen LogP contribution in [0.5, 0.6) is 17.2 Å². The lowest BCUT2D eigenvalue weighted by Gasteiger charge is -2.39. The van der Waals surface area contributed by atoms with Crippen LogP contribution in [0.15, 0.2) is 18.2 Å². The van der Waals surface area contributed by atoms with Crippen LogP contribution in [0.3, 0.4) is 0 Å². The Balaban J connectivity index is 2.18. The van der Waals surface area contributed by atoms with E-state index in [0.29, 0.717) is 11.5 Å². The highest BCUT2D eigenvalue weighted by Gasteiger charge is 2.44. The third kappa shape index (κ3) is 3.26. The van der Waals surface area contributed by atoms with Crippen molar-refractivity contribution in [2.75, 3.05) is 20.8 Å². The molecule has 1 aromatic carbocycles. The molecule has 0 saturated carbocycles. The van der Waals surface area contributed by atoms with Gasteiger partial charge in [0.1, 0.15) is 30.2 Å². The molecule has 1 aromatic rings. The van der Waals surface area contributed by atoms with E-state index >= 15 is 0 Å². The van der Waals surface area contributed by atoms with Crippen molar-refractivity contribution in [3.05, 3.63) is 18.2 Å². The predicted octanol–water partition coefficient (Wildman–Crippen LogP) is -1.12. The van der Waals surface area contributed by atoms with Gasteiger partial charge >= 0.3 is 0 Å². The molecule has 8 heteroatoms. The number of hydrogen-bond acceptors (Lipinski definition) is 8. The second-order valence-corrected chi connectivity index (χ2v) is 4.83. The summed E-state index contributed by atoms with van der Waals surface area (Å²) in [5, 5.41) is 38.5. The first kappa shape index (κ1) is 16.8. The van der Waals surface area contributed by atoms with Crippen LogP contribution in [-0.2, 0) is 4.74 Å². The van der Waals surface area contributed by atoms with Crippen molar-refractivity contribution in [2.45, 2.75) is 30.7 Å². The molecule has 1 aliphatic heterocycles. The standard InChI is InChI=1S/C14H20O8/c1-19-7-3-4-8(9(5-7)20-2)21-14-13(18)12(17)11(16)10(6-15)22-14/h3-5,10-18H,6H2,1-2H3/t10-,11-,12+,13-,14-/m1/s1. The van der Waals surface area contributed by atoms with Gasteiger partial charge in [-0.15, -0.1) is 0 Å². The molecule has 1 saturated heterocycles. The summed E-state index contributed by atoms with van der Waals surface area (Å²) >= 11 is 0. The van der Waals surface area contributed by atoms with E-state index in [4.69, 9.17) is 24.1 Å². The van der Waals surface area contributed by atoms with Crippen LogP contribution < -0.4 is 14.2 Å². The van der Waals surface area contributed by atoms with Gasteiger partial charge in [-0.25, -0.2) is 0 Å². The summed E-state index contributed by atoms with van der Waals surface area (Å²) in [6, 6.07) is 4.76. The van der Waals surface area contributed by atoms with E-state index < -0.39 is 37.3 Å². The van der Waals surface area contributed by atoms with Crippen LogP contribution in [0.4, 0.5) is 0 Å². The van der Waals surface area contributed by atoms with Crippen molar-refractivity contribution in [1.82, 2.24) is 0 Å². The highest BCUT2D eigenvalue weighted by atomic mass is 16.7. The molecule has 0 radical (unpaired) electrons. The average Bonchev–Trinajstić information content (AvgIpc) is 2.55. The molecule has 0 amide bonds. The van der Waals surface area contributed by atoms with Crippen LogP contribution in [-0.4, -0.2) is 72.0 Å². The smallest absolute Gasteiger partial charge is 0.229 e. The summed E-state index contributed by atoms with van der Waals surface area (Å²) in [5.74, 6) is 1.15. The monoisotopic (exact) mass is 316 g/mol. The molecule has 2 rings (SSSR count). The van der Waals surface area contributed by atoms with E-state index in [9.17, 15) is 15.3 Å². The zero-order valence-electron chi connectivity index (χ0n) is 12.2. The van der Waals surface area contributed by atoms with E-state index in [1.165, 1.54) is 14.2 Å². The van der Waals surface area contributed by atoms with Crippen LogP contribution >= 0.6 is 0 Å². The summed E-state index contributed by atoms with van der Waals surface area (Å²) in [7, 11) is 2.95. The van der Waals surface area contributed by atoms with E-state index in [-0.39, 0.29) is 5.75 Å². The van der Waals surface area contributed by atoms with E-state index in [1.54, 1.807) is 18.2 Å². The van der Waals surface area contributed by atoms with Crippen molar-refractivity contribution in [3.63, 3.8) is 0 Å². The Kier molecular flexibility index (Phi) is 5.43. The molecule has 0 bridgehead atoms. The first-order chi connectivity index (χ1) is 10.5. The molecule has 124 valence electrons. The van der Waals surface area contributed by atoms with Gasteiger partial charge in [-0.05, 0) is 12.1 Å². The van der Waals surface area contributed by atoms with Gasteiger partial charge in [0.05, 0.1) is 20.8 Å². The Morgan fingerprint density at radius 2 is 1.73 bits per heavy atom. The summed E-state index contributed by atoms with van der Waals surface area (Å²) in [5.41, 5.74) is 0. The average molecular weight is 316 g/mol. The number of benzene rings is 1. The Morgan fingerprint density at radius 1 is 1.00 bits per heavy atom. The van der Waals surface area contributed by atoms with Crippen LogP contribution in [0.1, 0.15) is 0 Å². The SMILES string of the molecule is COc1ccc(O[C@@H]2O[C@H](CO)[C@@H](O)[C@H](O)[C@H]2O)c(OC)c1. The maximum absolute atomic E-state index is 9.94. The maximum Gasteiger partial charge on any atom is 0.229 e. The summed E-state index contributed by atoms with van der Waals surface area (Å²) < 4.78 is 21.0. The fraction of sp³-hybridized carbons (Fsp3) is 0.571. The zero-order chi connectivity index (χ0) is 16.3. The van der Waals surface area contributed by atoms with Gasteiger partial charge in [0.25, 0.3) is 0 Å². The molecule has 1 fully saturated rings. The number of ether oxygens (including phenoxy) is 4. The molecule has 0 unspecified atom stereocenters. The summed E-state index contributed by atoms with van der Waals surface area (Å²) in [6.45, 7) is -0.523. The largest absolute Gasteiger partial charge is 0.497 e. The predicted molar refractivity (Wildman–Crippen MR) is 73.9 cm³/mol. The lowest BCUT2D eigenvalue weighted by molar-refractivity contribution is -0.277. The van der Waals surface area contributed by atoms with Gasteiger partial charge in [-0.3, -0.25) is 0 Å². The van der Waals surface area contributed by atoms with Crippen molar-refractivity contribution >= 4 is 0 Å². The topological polar surface area (TPSA) is 118 Å². The number of aliphatic hydroxyl groups is 4. The molecule has 5 atom stereocenters. The minimum Gasteiger partial charge on any atom is -0.497 e. The van der Waals surface area contributed by atoms with Crippen molar-refractivity contribution in [1.29, 1.82) is 0 Å². The Hall–Kier alpha value is -1.58. The molecule has 1 heterocycles. The number of aliphatic hydroxyl groups excluding tert-OH is 4. The quantitative estimate of drug-likeness (QED) is 0.540. The van der Waals surface area contributed by atoms with Gasteiger partial charge in [-0.2, -0.15) is 0 Å². The minimum atomic E-state index is -1.50. The van der Waals surface area contributed by atoms with E-state index in [1.807, 2.05) is 0 Å². The second kappa shape index (κ2) is 7.12. The van der Waals surface area contributed by atoms with Crippen LogP contribution in [0, 0.1) is 0 Å². The maximum atomic E-state index is 9.94. The van der Waals surface area contributed by atoms with Gasteiger partial charge in [-0.1, -0.05) is 0 Å². The molecule has 22 heavy (non-hydrogen) atoms.